The molecular weight excluding hydrogens is 260 g/mol. The molecule has 4 fully saturated rings. The van der Waals surface area contributed by atoms with Gasteiger partial charge in [-0.05, 0) is 37.2 Å². The Hall–Kier alpha value is -0.860. The van der Waals surface area contributed by atoms with E-state index in [1.54, 1.807) is 0 Å². The molecule has 1 aromatic rings. The second kappa shape index (κ2) is 4.11. The number of aliphatic hydroxyl groups is 1. The Morgan fingerprint density at radius 1 is 0.952 bits per heavy atom. The Labute approximate surface area is 126 Å². The van der Waals surface area contributed by atoms with Gasteiger partial charge in [-0.25, -0.2) is 0 Å². The number of fused-ring (bicyclic) bond motifs is 2. The molecule has 1 saturated heterocycles. The van der Waals surface area contributed by atoms with Gasteiger partial charge in [-0.3, -0.25) is 0 Å². The summed E-state index contributed by atoms with van der Waals surface area (Å²) in [6.45, 7) is 0. The van der Waals surface area contributed by atoms with E-state index in [4.69, 9.17) is 4.74 Å². The third-order valence-electron chi connectivity index (χ3n) is 6.98. The molecule has 2 bridgehead atoms. The minimum atomic E-state index is -0.155. The molecule has 0 amide bonds. The van der Waals surface area contributed by atoms with Crippen molar-refractivity contribution in [1.82, 2.24) is 0 Å². The molecule has 0 unspecified atom stereocenters. The van der Waals surface area contributed by atoms with E-state index in [0.29, 0.717) is 17.8 Å². The summed E-state index contributed by atoms with van der Waals surface area (Å²) in [6, 6.07) is 10.9. The first-order valence-corrected chi connectivity index (χ1v) is 8.72. The highest BCUT2D eigenvalue weighted by atomic mass is 16.6. The van der Waals surface area contributed by atoms with Crippen LogP contribution in [0.25, 0.3) is 0 Å². The molecule has 1 N–H and O–H groups in total. The van der Waals surface area contributed by atoms with E-state index in [1.807, 2.05) is 0 Å². The van der Waals surface area contributed by atoms with Crippen molar-refractivity contribution < 1.29 is 9.84 Å². The van der Waals surface area contributed by atoms with Crippen LogP contribution >= 0.6 is 0 Å². The average molecular weight is 284 g/mol. The molecule has 0 spiro atoms. The fraction of sp³-hybridized carbons (Fsp3) is 0.684. The molecule has 2 heteroatoms. The zero-order chi connectivity index (χ0) is 14.1. The lowest BCUT2D eigenvalue weighted by Crippen LogP contribution is -2.57. The van der Waals surface area contributed by atoms with Gasteiger partial charge in [0.2, 0.25) is 0 Å². The van der Waals surface area contributed by atoms with Gasteiger partial charge in [0.05, 0.1) is 6.10 Å². The maximum absolute atomic E-state index is 11.0. The highest BCUT2D eigenvalue weighted by Gasteiger charge is 2.81. The number of rotatable bonds is 1. The van der Waals surface area contributed by atoms with E-state index in [-0.39, 0.29) is 17.3 Å². The van der Waals surface area contributed by atoms with Gasteiger partial charge in [-0.1, -0.05) is 49.6 Å². The summed E-state index contributed by atoms with van der Waals surface area (Å²) in [6.07, 6.45) is 8.38. The molecule has 2 nitrogen and oxygen atoms in total. The second-order valence-electron chi connectivity index (χ2n) is 7.67. The molecule has 6 atom stereocenters. The summed E-state index contributed by atoms with van der Waals surface area (Å²) in [7, 11) is 0. The highest BCUT2D eigenvalue weighted by molar-refractivity contribution is 5.38. The van der Waals surface area contributed by atoms with E-state index in [0.717, 1.165) is 0 Å². The van der Waals surface area contributed by atoms with Crippen molar-refractivity contribution in [3.63, 3.8) is 0 Å². The molecule has 4 aliphatic rings. The van der Waals surface area contributed by atoms with Crippen molar-refractivity contribution in [3.05, 3.63) is 35.9 Å². The third kappa shape index (κ3) is 1.41. The quantitative estimate of drug-likeness (QED) is 0.799. The fourth-order valence-electron chi connectivity index (χ4n) is 6.27. The van der Waals surface area contributed by atoms with Crippen LogP contribution < -0.4 is 0 Å². The van der Waals surface area contributed by atoms with E-state index in [1.165, 1.54) is 50.5 Å². The van der Waals surface area contributed by atoms with Crippen LogP contribution in [-0.2, 0) is 4.74 Å². The van der Waals surface area contributed by atoms with Crippen LogP contribution in [0.15, 0.2) is 30.3 Å². The van der Waals surface area contributed by atoms with Crippen LogP contribution in [0.2, 0.25) is 0 Å². The van der Waals surface area contributed by atoms with Crippen molar-refractivity contribution >= 4 is 0 Å². The Morgan fingerprint density at radius 3 is 2.52 bits per heavy atom. The minimum absolute atomic E-state index is 0.0160. The molecule has 5 rings (SSSR count). The molecule has 112 valence electrons. The van der Waals surface area contributed by atoms with Gasteiger partial charge in [-0.15, -0.1) is 0 Å². The normalized spacial score (nSPS) is 50.9. The van der Waals surface area contributed by atoms with E-state index < -0.39 is 0 Å². The number of hydrogen-bond acceptors (Lipinski definition) is 2. The molecule has 1 aliphatic heterocycles. The summed E-state index contributed by atoms with van der Waals surface area (Å²) < 4.78 is 6.61. The summed E-state index contributed by atoms with van der Waals surface area (Å²) in [5.74, 6) is 1.21. The number of ether oxygens (including phenoxy) is 1. The monoisotopic (exact) mass is 284 g/mol. The molecule has 1 aromatic carbocycles. The third-order valence-corrected chi connectivity index (χ3v) is 6.98. The van der Waals surface area contributed by atoms with Crippen LogP contribution in [0.3, 0.4) is 0 Å². The molecule has 0 aromatic heterocycles. The topological polar surface area (TPSA) is 32.8 Å². The van der Waals surface area contributed by atoms with Gasteiger partial charge in [0.25, 0.3) is 0 Å². The Morgan fingerprint density at radius 2 is 1.71 bits per heavy atom. The number of aliphatic hydroxyl groups excluding tert-OH is 1. The van der Waals surface area contributed by atoms with Gasteiger partial charge in [0.1, 0.15) is 11.2 Å². The van der Waals surface area contributed by atoms with Gasteiger partial charge in [0, 0.05) is 11.8 Å². The van der Waals surface area contributed by atoms with Crippen LogP contribution in [0, 0.1) is 11.8 Å². The molecule has 0 radical (unpaired) electrons. The Balaban J connectivity index is 1.66. The number of epoxide rings is 1. The van der Waals surface area contributed by atoms with Gasteiger partial charge >= 0.3 is 0 Å². The number of hydrogen-bond donors (Lipinski definition) is 1. The standard InChI is InChI=1S/C19H24O2/c20-17-14-9-6-10-15(17)18-11-4-5-12-19(18,21-18)16(14)13-7-2-1-3-8-13/h1-3,7-8,14-17,20H,4-6,9-12H2/t14-,15+,16-,17-,18+,19-/m1/s1. The predicted molar refractivity (Wildman–Crippen MR) is 81.0 cm³/mol. The zero-order valence-electron chi connectivity index (χ0n) is 12.5. The average Bonchev–Trinajstić information content (AvgIpc) is 3.20. The van der Waals surface area contributed by atoms with E-state index in [9.17, 15) is 5.11 Å². The first-order chi connectivity index (χ1) is 10.3. The lowest BCUT2D eigenvalue weighted by Gasteiger charge is -2.51. The maximum atomic E-state index is 11.0. The van der Waals surface area contributed by atoms with Crippen LogP contribution in [-0.4, -0.2) is 22.4 Å². The van der Waals surface area contributed by atoms with Gasteiger partial charge in [-0.2, -0.15) is 0 Å². The summed E-state index contributed by atoms with van der Waals surface area (Å²) in [5.41, 5.74) is 1.47. The van der Waals surface area contributed by atoms with E-state index >= 15 is 0 Å². The smallest absolute Gasteiger partial charge is 0.106 e. The van der Waals surface area contributed by atoms with Crippen molar-refractivity contribution in [2.75, 3.05) is 0 Å². The van der Waals surface area contributed by atoms with Gasteiger partial charge < -0.3 is 9.84 Å². The van der Waals surface area contributed by atoms with Crippen molar-refractivity contribution in [2.45, 2.75) is 68.2 Å². The van der Waals surface area contributed by atoms with Crippen LogP contribution in [0.1, 0.15) is 56.4 Å². The first-order valence-electron chi connectivity index (χ1n) is 8.72. The van der Waals surface area contributed by atoms with Gasteiger partial charge in [0.15, 0.2) is 0 Å². The SMILES string of the molecule is O[C@@H]1[C@@H]2CCC[C@@H]1[C@@]13CCCC[C@@]1(O3)[C@@H]2c1ccccc1. The maximum Gasteiger partial charge on any atom is 0.106 e. The largest absolute Gasteiger partial charge is 0.392 e. The summed E-state index contributed by atoms with van der Waals surface area (Å²) in [4.78, 5) is 0. The fourth-order valence-corrected chi connectivity index (χ4v) is 6.27. The van der Waals surface area contributed by atoms with Crippen LogP contribution in [0.5, 0.6) is 0 Å². The second-order valence-corrected chi connectivity index (χ2v) is 7.67. The first kappa shape index (κ1) is 12.7. The van der Waals surface area contributed by atoms with Crippen molar-refractivity contribution in [2.24, 2.45) is 11.8 Å². The molecule has 3 saturated carbocycles. The summed E-state index contributed by atoms with van der Waals surface area (Å²) in [5, 5.41) is 11.0. The molecule has 3 aliphatic carbocycles. The predicted octanol–water partition coefficient (Wildman–Crippen LogP) is 3.64. The molecule has 21 heavy (non-hydrogen) atoms. The lowest BCUT2D eigenvalue weighted by molar-refractivity contribution is -0.0557. The summed E-state index contributed by atoms with van der Waals surface area (Å²) >= 11 is 0. The number of benzene rings is 1. The Kier molecular flexibility index (Phi) is 2.48. The molecular formula is C19H24O2. The van der Waals surface area contributed by atoms with E-state index in [2.05, 4.69) is 30.3 Å². The van der Waals surface area contributed by atoms with Crippen molar-refractivity contribution in [1.29, 1.82) is 0 Å². The Bertz CT molecular complexity index is 556. The lowest BCUT2D eigenvalue weighted by atomic mass is 9.51. The molecule has 1 heterocycles. The van der Waals surface area contributed by atoms with Crippen molar-refractivity contribution in [3.8, 4) is 0 Å². The zero-order valence-corrected chi connectivity index (χ0v) is 12.5. The van der Waals surface area contributed by atoms with Crippen LogP contribution in [0.4, 0.5) is 0 Å². The highest BCUT2D eigenvalue weighted by Crippen LogP contribution is 2.74. The minimum Gasteiger partial charge on any atom is -0.392 e.